The van der Waals surface area contributed by atoms with Crippen LogP contribution in [0.2, 0.25) is 0 Å². The lowest BCUT2D eigenvalue weighted by Gasteiger charge is -2.13. The highest BCUT2D eigenvalue weighted by Gasteiger charge is 2.25. The molecule has 134 valence electrons. The number of aliphatic imine (C=N–C) groups is 2. The third-order valence-corrected chi connectivity index (χ3v) is 4.88. The molecule has 1 N–H and O–H groups in total. The van der Waals surface area contributed by atoms with Gasteiger partial charge in [-0.05, 0) is 55.5 Å². The lowest BCUT2D eigenvalue weighted by molar-refractivity contribution is -0.120. The van der Waals surface area contributed by atoms with Crippen molar-refractivity contribution in [1.29, 1.82) is 0 Å². The van der Waals surface area contributed by atoms with Crippen LogP contribution in [0, 0.1) is 19.8 Å². The van der Waals surface area contributed by atoms with Crippen LogP contribution < -0.4 is 0 Å². The first-order valence-electron chi connectivity index (χ1n) is 8.39. The summed E-state index contributed by atoms with van der Waals surface area (Å²) in [6.45, 7) is 7.74. The van der Waals surface area contributed by atoms with E-state index in [2.05, 4.69) is 28.2 Å². The number of aryl methyl sites for hydroxylation is 2. The van der Waals surface area contributed by atoms with E-state index < -0.39 is 0 Å². The Balaban J connectivity index is 2.11. The molecule has 0 radical (unpaired) electrons. The summed E-state index contributed by atoms with van der Waals surface area (Å²) < 4.78 is 0. The van der Waals surface area contributed by atoms with Crippen LogP contribution in [0.1, 0.15) is 30.5 Å². The summed E-state index contributed by atoms with van der Waals surface area (Å²) in [4.78, 5) is 21.8. The molecule has 3 rings (SSSR count). The molecule has 2 aliphatic rings. The zero-order valence-electron chi connectivity index (χ0n) is 15.2. The van der Waals surface area contributed by atoms with Crippen molar-refractivity contribution in [2.75, 3.05) is 0 Å². The predicted molar refractivity (Wildman–Crippen MR) is 106 cm³/mol. The maximum Gasteiger partial charge on any atom is 0.250 e. The number of benzene rings is 1. The van der Waals surface area contributed by atoms with E-state index >= 15 is 0 Å². The average molecular weight is 367 g/mol. The molecule has 1 aromatic carbocycles. The van der Waals surface area contributed by atoms with Crippen LogP contribution in [-0.4, -0.2) is 27.1 Å². The molecule has 0 saturated heterocycles. The molecule has 2 aliphatic heterocycles. The Labute approximate surface area is 157 Å². The van der Waals surface area contributed by atoms with Gasteiger partial charge in [-0.2, -0.15) is 4.99 Å². The van der Waals surface area contributed by atoms with Gasteiger partial charge in [-0.3, -0.25) is 10.0 Å². The van der Waals surface area contributed by atoms with Crippen LogP contribution in [0.15, 0.2) is 63.2 Å². The zero-order chi connectivity index (χ0) is 18.8. The van der Waals surface area contributed by atoms with Gasteiger partial charge in [0.05, 0.1) is 5.71 Å². The fourth-order valence-electron chi connectivity index (χ4n) is 2.65. The van der Waals surface area contributed by atoms with Gasteiger partial charge in [-0.25, -0.2) is 10.1 Å². The number of hydrogen-bond acceptors (Lipinski definition) is 4. The summed E-state index contributed by atoms with van der Waals surface area (Å²) in [7, 11) is 0. The summed E-state index contributed by atoms with van der Waals surface area (Å²) >= 11 is 1.38. The van der Waals surface area contributed by atoms with Crippen LogP contribution in [0.25, 0.3) is 0 Å². The second-order valence-corrected chi connectivity index (χ2v) is 7.60. The molecule has 5 nitrogen and oxygen atoms in total. The minimum absolute atomic E-state index is 0.169. The van der Waals surface area contributed by atoms with Gasteiger partial charge in [0.1, 0.15) is 0 Å². The van der Waals surface area contributed by atoms with Gasteiger partial charge in [-0.1, -0.05) is 31.0 Å². The Morgan fingerprint density at radius 3 is 2.35 bits per heavy atom. The Hall–Kier alpha value is -2.44. The molecule has 2 heterocycles. The van der Waals surface area contributed by atoms with Crippen molar-refractivity contribution in [3.63, 3.8) is 0 Å². The molecule has 0 unspecified atom stereocenters. The number of nitrogens with zero attached hydrogens (tertiary/aromatic N) is 3. The molecule has 0 bridgehead atoms. The minimum atomic E-state index is -0.182. The normalized spacial score (nSPS) is 18.3. The Morgan fingerprint density at radius 1 is 1.15 bits per heavy atom. The van der Waals surface area contributed by atoms with E-state index in [1.165, 1.54) is 11.8 Å². The lowest BCUT2D eigenvalue weighted by atomic mass is 10.0. The van der Waals surface area contributed by atoms with Gasteiger partial charge < -0.3 is 0 Å². The van der Waals surface area contributed by atoms with Gasteiger partial charge in [0.15, 0.2) is 5.17 Å². The molecular formula is C20H21N3O2S. The molecule has 1 amide bonds. The molecule has 6 heteroatoms. The van der Waals surface area contributed by atoms with E-state index in [1.807, 2.05) is 39.8 Å². The van der Waals surface area contributed by atoms with E-state index in [0.29, 0.717) is 5.17 Å². The molecule has 1 aromatic rings. The lowest BCUT2D eigenvalue weighted by Crippen LogP contribution is -2.07. The molecule has 0 aliphatic carbocycles. The smallest absolute Gasteiger partial charge is 0.250 e. The summed E-state index contributed by atoms with van der Waals surface area (Å²) in [5.74, 6) is -0.351. The van der Waals surface area contributed by atoms with Crippen molar-refractivity contribution in [3.8, 4) is 0 Å². The number of amidine groups is 1. The molecule has 0 atom stereocenters. The maximum absolute atomic E-state index is 12.0. The monoisotopic (exact) mass is 367 g/mol. The SMILES string of the molecule is Cc1cc(C)cc(C2=NC(=NC(=O)C(C)C)SC2=C2C=CN(O)C=C2)c1. The van der Waals surface area contributed by atoms with Gasteiger partial charge in [0.25, 0.3) is 5.91 Å². The van der Waals surface area contributed by atoms with Gasteiger partial charge in [0, 0.05) is 28.8 Å². The fourth-order valence-corrected chi connectivity index (χ4v) is 3.62. The second-order valence-electron chi connectivity index (χ2n) is 6.62. The predicted octanol–water partition coefficient (Wildman–Crippen LogP) is 4.36. The maximum atomic E-state index is 12.0. The number of carbonyl (C=O) groups is 1. The van der Waals surface area contributed by atoms with Crippen LogP contribution in [0.5, 0.6) is 0 Å². The van der Waals surface area contributed by atoms with Gasteiger partial charge in [-0.15, -0.1) is 0 Å². The van der Waals surface area contributed by atoms with Crippen molar-refractivity contribution in [1.82, 2.24) is 5.06 Å². The van der Waals surface area contributed by atoms with E-state index in [9.17, 15) is 10.0 Å². The average Bonchev–Trinajstić information content (AvgIpc) is 2.98. The molecule has 26 heavy (non-hydrogen) atoms. The number of carbonyl (C=O) groups excluding carboxylic acids is 1. The first-order valence-corrected chi connectivity index (χ1v) is 9.21. The largest absolute Gasteiger partial charge is 0.285 e. The first kappa shape index (κ1) is 18.4. The molecule has 0 aromatic heterocycles. The Bertz CT molecular complexity index is 871. The Morgan fingerprint density at radius 2 is 1.77 bits per heavy atom. The summed E-state index contributed by atoms with van der Waals surface area (Å²) in [5.41, 5.74) is 5.01. The Kier molecular flexibility index (Phi) is 5.25. The van der Waals surface area contributed by atoms with E-state index in [-0.39, 0.29) is 11.8 Å². The molecule has 0 saturated carbocycles. The molecule has 0 fully saturated rings. The van der Waals surface area contributed by atoms with Crippen LogP contribution in [-0.2, 0) is 4.79 Å². The number of hydroxylamine groups is 2. The van der Waals surface area contributed by atoms with Gasteiger partial charge >= 0.3 is 0 Å². The highest BCUT2D eigenvalue weighted by Crippen LogP contribution is 2.35. The molecule has 0 spiro atoms. The van der Waals surface area contributed by atoms with E-state index in [4.69, 9.17) is 0 Å². The van der Waals surface area contributed by atoms with Crippen molar-refractivity contribution >= 4 is 28.5 Å². The summed E-state index contributed by atoms with van der Waals surface area (Å²) in [6.07, 6.45) is 6.76. The summed E-state index contributed by atoms with van der Waals surface area (Å²) in [5, 5.41) is 10.9. The fraction of sp³-hybridized carbons (Fsp3) is 0.250. The zero-order valence-corrected chi connectivity index (χ0v) is 16.0. The first-order chi connectivity index (χ1) is 12.3. The van der Waals surface area contributed by atoms with Gasteiger partial charge in [0.2, 0.25) is 0 Å². The van der Waals surface area contributed by atoms with Crippen LogP contribution >= 0.6 is 11.8 Å². The second kappa shape index (κ2) is 7.43. The summed E-state index contributed by atoms with van der Waals surface area (Å²) in [6, 6.07) is 6.27. The quantitative estimate of drug-likeness (QED) is 0.843. The topological polar surface area (TPSA) is 65.3 Å². The van der Waals surface area contributed by atoms with Crippen molar-refractivity contribution in [2.45, 2.75) is 27.7 Å². The van der Waals surface area contributed by atoms with Crippen molar-refractivity contribution in [3.05, 3.63) is 69.9 Å². The highest BCUT2D eigenvalue weighted by molar-refractivity contribution is 8.18. The third kappa shape index (κ3) is 4.03. The van der Waals surface area contributed by atoms with Crippen LogP contribution in [0.3, 0.4) is 0 Å². The van der Waals surface area contributed by atoms with E-state index in [0.717, 1.165) is 37.9 Å². The van der Waals surface area contributed by atoms with E-state index in [1.54, 1.807) is 12.4 Å². The number of hydrogen-bond donors (Lipinski definition) is 1. The third-order valence-electron chi connectivity index (χ3n) is 3.89. The highest BCUT2D eigenvalue weighted by atomic mass is 32.2. The number of amides is 1. The standard InChI is InChI=1S/C20H21N3O2S/c1-12(2)19(24)22-20-21-17(16-10-13(3)9-14(4)11-16)18(26-20)15-5-7-23(25)8-6-15/h5-12,25H,1-4H3. The van der Waals surface area contributed by atoms with Crippen molar-refractivity contribution in [2.24, 2.45) is 15.9 Å². The van der Waals surface area contributed by atoms with Crippen molar-refractivity contribution < 1.29 is 10.0 Å². The minimum Gasteiger partial charge on any atom is -0.285 e. The van der Waals surface area contributed by atoms with Crippen LogP contribution in [0.4, 0.5) is 0 Å². The number of rotatable bonds is 2. The number of allylic oxidation sites excluding steroid dienone is 4. The molecular weight excluding hydrogens is 346 g/mol. The number of thioether (sulfide) groups is 1.